The van der Waals surface area contributed by atoms with E-state index in [1.54, 1.807) is 48.5 Å². The van der Waals surface area contributed by atoms with Gasteiger partial charge in [-0.05, 0) is 86.5 Å². The van der Waals surface area contributed by atoms with Crippen molar-refractivity contribution in [1.29, 1.82) is 0 Å². The molecule has 0 aliphatic heterocycles. The fourth-order valence-electron chi connectivity index (χ4n) is 7.61. The van der Waals surface area contributed by atoms with Gasteiger partial charge in [-0.25, -0.2) is 9.59 Å². The molecule has 0 aliphatic carbocycles. The van der Waals surface area contributed by atoms with Crippen molar-refractivity contribution in [2.24, 2.45) is 0 Å². The van der Waals surface area contributed by atoms with Gasteiger partial charge >= 0.3 is 11.9 Å². The number of ether oxygens (including phenoxy) is 4. The fourth-order valence-corrected chi connectivity index (χ4v) is 7.61. The summed E-state index contributed by atoms with van der Waals surface area (Å²) < 4.78 is 23.0. The van der Waals surface area contributed by atoms with Crippen molar-refractivity contribution < 1.29 is 33.3 Å². The van der Waals surface area contributed by atoms with Crippen LogP contribution in [0.15, 0.2) is 66.7 Å². The van der Waals surface area contributed by atoms with Crippen molar-refractivity contribution in [3.05, 3.63) is 83.4 Å². The largest absolute Gasteiger partial charge is 0.494 e. The summed E-state index contributed by atoms with van der Waals surface area (Å²) in [7, 11) is 0. The Balaban J connectivity index is 1.28. The molecule has 7 heteroatoms. The predicted octanol–water partition coefficient (Wildman–Crippen LogP) is 16.0. The smallest absolute Gasteiger partial charge is 0.343 e. The van der Waals surface area contributed by atoms with Crippen LogP contribution in [0.4, 0.5) is 0 Å². The lowest BCUT2D eigenvalue weighted by molar-refractivity contribution is 0.0716. The van der Waals surface area contributed by atoms with Gasteiger partial charge < -0.3 is 18.9 Å². The van der Waals surface area contributed by atoms with Gasteiger partial charge in [0.05, 0.1) is 29.9 Å². The molecule has 0 saturated heterocycles. The zero-order chi connectivity index (χ0) is 43.6. The molecule has 3 aromatic rings. The normalized spacial score (nSPS) is 11.1. The molecule has 0 N–H and O–H groups in total. The summed E-state index contributed by atoms with van der Waals surface area (Å²) in [5.41, 5.74) is 0.829. The predicted molar refractivity (Wildman–Crippen MR) is 251 cm³/mol. The van der Waals surface area contributed by atoms with E-state index in [1.807, 2.05) is 0 Å². The minimum Gasteiger partial charge on any atom is -0.494 e. The van der Waals surface area contributed by atoms with Crippen molar-refractivity contribution >= 4 is 17.7 Å². The quantitative estimate of drug-likeness (QED) is 0.0247. The molecule has 0 bridgehead atoms. The highest BCUT2D eigenvalue weighted by molar-refractivity contribution is 6.00. The Morgan fingerprint density at radius 2 is 0.689 bits per heavy atom. The fraction of sp³-hybridized carbons (Fsp3) is 0.611. The Hall–Kier alpha value is -4.13. The van der Waals surface area contributed by atoms with Crippen molar-refractivity contribution in [2.45, 2.75) is 201 Å². The minimum atomic E-state index is -0.600. The van der Waals surface area contributed by atoms with Crippen molar-refractivity contribution in [2.75, 3.05) is 13.2 Å². The topological polar surface area (TPSA) is 88.1 Å². The first-order valence-electron chi connectivity index (χ1n) is 24.5. The first-order chi connectivity index (χ1) is 29.9. The lowest BCUT2D eigenvalue weighted by atomic mass is 10.0. The number of Topliss-reactive ketones (excluding diaryl/α,β-unsaturated/α-hetero) is 1. The van der Waals surface area contributed by atoms with Gasteiger partial charge in [0.25, 0.3) is 0 Å². The van der Waals surface area contributed by atoms with E-state index in [1.165, 1.54) is 179 Å². The van der Waals surface area contributed by atoms with Gasteiger partial charge in [-0.1, -0.05) is 181 Å². The molecule has 0 saturated carbocycles. The maximum atomic E-state index is 13.0. The number of hydrogen-bond donors (Lipinski definition) is 0. The standard InChI is InChI=1S/C54H80O7/c1-4-6-8-10-12-14-16-18-20-22-24-26-28-30-42-58-48-36-32-46(33-37-48)53(56)60-50-40-41-52(51(44-50)45(3)55)61-54(57)47-34-38-49(39-35-47)59-43-31-29-27-25-23-21-19-17-15-13-11-9-7-5-2/h32-41,44H,4-31,42-43H2,1-3H3. The van der Waals surface area contributed by atoms with Crippen LogP contribution < -0.4 is 18.9 Å². The van der Waals surface area contributed by atoms with E-state index in [9.17, 15) is 14.4 Å². The van der Waals surface area contributed by atoms with Crippen LogP contribution in [-0.2, 0) is 0 Å². The third kappa shape index (κ3) is 23.6. The zero-order valence-electron chi connectivity index (χ0n) is 38.4. The molecule has 0 radical (unpaired) electrons. The third-order valence-corrected chi connectivity index (χ3v) is 11.5. The zero-order valence-corrected chi connectivity index (χ0v) is 38.4. The second-order valence-corrected chi connectivity index (χ2v) is 16.9. The first-order valence-corrected chi connectivity index (χ1v) is 24.5. The van der Waals surface area contributed by atoms with Crippen LogP contribution in [0.25, 0.3) is 0 Å². The number of hydrogen-bond acceptors (Lipinski definition) is 7. The van der Waals surface area contributed by atoms with E-state index in [2.05, 4.69) is 13.8 Å². The number of ketones is 1. The average Bonchev–Trinajstić information content (AvgIpc) is 3.27. The molecule has 0 spiro atoms. The van der Waals surface area contributed by atoms with Gasteiger partial charge in [-0.3, -0.25) is 4.79 Å². The Morgan fingerprint density at radius 3 is 1.03 bits per heavy atom. The van der Waals surface area contributed by atoms with E-state index in [0.717, 1.165) is 25.7 Å². The van der Waals surface area contributed by atoms with Gasteiger partial charge in [0.1, 0.15) is 23.0 Å². The van der Waals surface area contributed by atoms with Gasteiger partial charge in [0.15, 0.2) is 5.78 Å². The number of esters is 2. The second-order valence-electron chi connectivity index (χ2n) is 16.9. The molecule has 0 fully saturated rings. The molecule has 3 rings (SSSR count). The summed E-state index contributed by atoms with van der Waals surface area (Å²) in [6.45, 7) is 7.20. The summed E-state index contributed by atoms with van der Waals surface area (Å²) in [5, 5.41) is 0. The Morgan fingerprint density at radius 1 is 0.377 bits per heavy atom. The highest BCUT2D eigenvalue weighted by Gasteiger charge is 2.18. The van der Waals surface area contributed by atoms with Crippen molar-refractivity contribution in [3.8, 4) is 23.0 Å². The average molecular weight is 841 g/mol. The van der Waals surface area contributed by atoms with Crippen LogP contribution in [0, 0.1) is 0 Å². The molecule has 338 valence electrons. The molecule has 0 amide bonds. The molecule has 61 heavy (non-hydrogen) atoms. The summed E-state index contributed by atoms with van der Waals surface area (Å²) in [5.74, 6) is 0.183. The summed E-state index contributed by atoms with van der Waals surface area (Å²) in [4.78, 5) is 38.5. The number of carbonyl (C=O) groups excluding carboxylic acids is 3. The molecular formula is C54H80O7. The molecule has 3 aromatic carbocycles. The summed E-state index contributed by atoms with van der Waals surface area (Å²) in [6.07, 6.45) is 36.8. The summed E-state index contributed by atoms with van der Waals surface area (Å²) >= 11 is 0. The van der Waals surface area contributed by atoms with Crippen LogP contribution in [0.3, 0.4) is 0 Å². The van der Waals surface area contributed by atoms with Gasteiger partial charge in [-0.15, -0.1) is 0 Å². The second kappa shape index (κ2) is 33.5. The Labute approximate surface area is 370 Å². The minimum absolute atomic E-state index is 0.0933. The van der Waals surface area contributed by atoms with Crippen LogP contribution in [0.1, 0.15) is 232 Å². The molecule has 0 aliphatic rings. The van der Waals surface area contributed by atoms with Crippen LogP contribution in [-0.4, -0.2) is 30.9 Å². The maximum Gasteiger partial charge on any atom is 0.343 e. The maximum absolute atomic E-state index is 13.0. The van der Waals surface area contributed by atoms with Gasteiger partial charge in [-0.2, -0.15) is 0 Å². The van der Waals surface area contributed by atoms with Crippen LogP contribution >= 0.6 is 0 Å². The molecule has 0 atom stereocenters. The van der Waals surface area contributed by atoms with E-state index in [4.69, 9.17) is 18.9 Å². The number of rotatable bonds is 37. The van der Waals surface area contributed by atoms with Crippen LogP contribution in [0.2, 0.25) is 0 Å². The number of carbonyl (C=O) groups is 3. The van der Waals surface area contributed by atoms with Gasteiger partial charge in [0.2, 0.25) is 0 Å². The summed E-state index contributed by atoms with van der Waals surface area (Å²) in [6, 6.07) is 18.1. The highest BCUT2D eigenvalue weighted by Crippen LogP contribution is 2.27. The monoisotopic (exact) mass is 841 g/mol. The lowest BCUT2D eigenvalue weighted by Gasteiger charge is -2.12. The molecule has 0 unspecified atom stereocenters. The Bertz CT molecular complexity index is 1600. The van der Waals surface area contributed by atoms with Crippen molar-refractivity contribution in [1.82, 2.24) is 0 Å². The van der Waals surface area contributed by atoms with E-state index in [-0.39, 0.29) is 22.8 Å². The molecule has 0 aromatic heterocycles. The number of unbranched alkanes of at least 4 members (excludes halogenated alkanes) is 26. The Kier molecular flexibility index (Phi) is 28.1. The number of benzene rings is 3. The SMILES string of the molecule is CCCCCCCCCCCCCCCCOc1ccc(C(=O)Oc2ccc(OC(=O)c3ccc(OCCCCCCCCCCCCCCCC)cc3)c(C(C)=O)c2)cc1. The molecular weight excluding hydrogens is 761 g/mol. The molecule has 0 heterocycles. The highest BCUT2D eigenvalue weighted by atomic mass is 16.5. The van der Waals surface area contributed by atoms with E-state index < -0.39 is 11.9 Å². The van der Waals surface area contributed by atoms with Gasteiger partial charge in [0, 0.05) is 0 Å². The van der Waals surface area contributed by atoms with Crippen molar-refractivity contribution in [3.63, 3.8) is 0 Å². The molecule has 7 nitrogen and oxygen atoms in total. The van der Waals surface area contributed by atoms with E-state index >= 15 is 0 Å². The van der Waals surface area contributed by atoms with Crippen LogP contribution in [0.5, 0.6) is 23.0 Å². The third-order valence-electron chi connectivity index (χ3n) is 11.5. The lowest BCUT2D eigenvalue weighted by Crippen LogP contribution is -2.12. The van der Waals surface area contributed by atoms with E-state index in [0.29, 0.717) is 35.8 Å². The first kappa shape index (κ1) is 51.2.